The van der Waals surface area contributed by atoms with Gasteiger partial charge < -0.3 is 15.5 Å². The number of hydrogen-bond donors (Lipinski definition) is 3. The molecule has 0 aromatic heterocycles. The number of nitrogens with one attached hydrogen (secondary N) is 1. The number of unbranched alkanes of at least 4 members (excludes halogenated alkanes) is 3. The molecule has 0 unspecified atom stereocenters. The van der Waals surface area contributed by atoms with E-state index in [1.807, 2.05) is 0 Å². The predicted octanol–water partition coefficient (Wildman–Crippen LogP) is 1.67. The van der Waals surface area contributed by atoms with Crippen molar-refractivity contribution in [2.75, 3.05) is 13.2 Å². The highest BCUT2D eigenvalue weighted by Crippen LogP contribution is 2.09. The number of rotatable bonds is 7. The Morgan fingerprint density at radius 1 is 1.06 bits per heavy atom. The molecule has 3 N–H and O–H groups in total. The summed E-state index contributed by atoms with van der Waals surface area (Å²) in [5, 5.41) is 20.5. The van der Waals surface area contributed by atoms with Crippen molar-refractivity contribution in [1.29, 1.82) is 0 Å². The molecule has 4 nitrogen and oxygen atoms in total. The first-order chi connectivity index (χ1) is 8.24. The molecule has 1 amide bonds. The van der Waals surface area contributed by atoms with E-state index in [0.29, 0.717) is 12.1 Å². The molecule has 0 aliphatic heterocycles. The molecular weight excluding hydrogens is 218 g/mol. The van der Waals surface area contributed by atoms with Gasteiger partial charge in [-0.3, -0.25) is 4.79 Å². The van der Waals surface area contributed by atoms with Crippen molar-refractivity contribution in [2.45, 2.75) is 25.7 Å². The van der Waals surface area contributed by atoms with Crippen molar-refractivity contribution in [3.8, 4) is 5.75 Å². The largest absolute Gasteiger partial charge is 0.508 e. The SMILES string of the molecule is O=C(NCCCCCCO)c1ccc(O)cc1. The molecule has 0 radical (unpaired) electrons. The summed E-state index contributed by atoms with van der Waals surface area (Å²) in [6.45, 7) is 0.880. The van der Waals surface area contributed by atoms with Crippen molar-refractivity contribution in [3.05, 3.63) is 29.8 Å². The van der Waals surface area contributed by atoms with Gasteiger partial charge in [0.15, 0.2) is 0 Å². The van der Waals surface area contributed by atoms with E-state index in [4.69, 9.17) is 10.2 Å². The predicted molar refractivity (Wildman–Crippen MR) is 66.0 cm³/mol. The Labute approximate surface area is 101 Å². The molecule has 4 heteroatoms. The van der Waals surface area contributed by atoms with Gasteiger partial charge in [-0.15, -0.1) is 0 Å². The highest BCUT2D eigenvalue weighted by molar-refractivity contribution is 5.94. The normalized spacial score (nSPS) is 10.2. The zero-order valence-electron chi connectivity index (χ0n) is 9.85. The van der Waals surface area contributed by atoms with Crippen LogP contribution in [0.5, 0.6) is 5.75 Å². The molecule has 94 valence electrons. The zero-order valence-corrected chi connectivity index (χ0v) is 9.85. The Morgan fingerprint density at radius 3 is 2.35 bits per heavy atom. The van der Waals surface area contributed by atoms with Crippen molar-refractivity contribution < 1.29 is 15.0 Å². The number of phenols is 1. The van der Waals surface area contributed by atoms with Crippen LogP contribution in [-0.2, 0) is 0 Å². The van der Waals surface area contributed by atoms with Crippen LogP contribution in [-0.4, -0.2) is 29.3 Å². The monoisotopic (exact) mass is 237 g/mol. The number of carbonyl (C=O) groups excluding carboxylic acids is 1. The maximum atomic E-state index is 11.6. The summed E-state index contributed by atoms with van der Waals surface area (Å²) in [6, 6.07) is 6.18. The highest BCUT2D eigenvalue weighted by atomic mass is 16.3. The van der Waals surface area contributed by atoms with Crippen LogP contribution >= 0.6 is 0 Å². The van der Waals surface area contributed by atoms with Gasteiger partial charge in [0.1, 0.15) is 5.75 Å². The molecule has 0 aliphatic rings. The molecule has 0 fully saturated rings. The Balaban J connectivity index is 2.19. The molecule has 17 heavy (non-hydrogen) atoms. The summed E-state index contributed by atoms with van der Waals surface area (Å²) in [5.41, 5.74) is 0.554. The van der Waals surface area contributed by atoms with Gasteiger partial charge in [-0.2, -0.15) is 0 Å². The number of benzene rings is 1. The zero-order chi connectivity index (χ0) is 12.5. The number of hydrogen-bond acceptors (Lipinski definition) is 3. The molecule has 0 bridgehead atoms. The first-order valence-corrected chi connectivity index (χ1v) is 5.92. The van der Waals surface area contributed by atoms with Gasteiger partial charge in [-0.05, 0) is 37.1 Å². The number of phenolic OH excluding ortho intramolecular Hbond substituents is 1. The Bertz CT molecular complexity index is 335. The van der Waals surface area contributed by atoms with Crippen molar-refractivity contribution in [3.63, 3.8) is 0 Å². The fourth-order valence-corrected chi connectivity index (χ4v) is 1.51. The molecule has 0 atom stereocenters. The third-order valence-corrected chi connectivity index (χ3v) is 2.50. The van der Waals surface area contributed by atoms with Gasteiger partial charge in [-0.1, -0.05) is 12.8 Å². The van der Waals surface area contributed by atoms with Crippen LogP contribution in [0.1, 0.15) is 36.0 Å². The van der Waals surface area contributed by atoms with Crippen molar-refractivity contribution in [2.24, 2.45) is 0 Å². The first-order valence-electron chi connectivity index (χ1n) is 5.92. The number of aliphatic hydroxyl groups excluding tert-OH is 1. The van der Waals surface area contributed by atoms with E-state index in [2.05, 4.69) is 5.32 Å². The van der Waals surface area contributed by atoms with E-state index in [0.717, 1.165) is 25.7 Å². The van der Waals surface area contributed by atoms with Gasteiger partial charge in [-0.25, -0.2) is 0 Å². The lowest BCUT2D eigenvalue weighted by Gasteiger charge is -2.05. The second kappa shape index (κ2) is 7.68. The second-order valence-corrected chi connectivity index (χ2v) is 3.94. The molecule has 0 spiro atoms. The smallest absolute Gasteiger partial charge is 0.251 e. The van der Waals surface area contributed by atoms with E-state index in [1.54, 1.807) is 12.1 Å². The minimum absolute atomic E-state index is 0.118. The fraction of sp³-hybridized carbons (Fsp3) is 0.462. The third kappa shape index (κ3) is 5.36. The molecule has 1 rings (SSSR count). The Hall–Kier alpha value is -1.55. The van der Waals surface area contributed by atoms with Gasteiger partial charge >= 0.3 is 0 Å². The average molecular weight is 237 g/mol. The molecular formula is C13H19NO3. The van der Waals surface area contributed by atoms with Gasteiger partial charge in [0.25, 0.3) is 5.91 Å². The highest BCUT2D eigenvalue weighted by Gasteiger charge is 2.03. The Morgan fingerprint density at radius 2 is 1.71 bits per heavy atom. The van der Waals surface area contributed by atoms with Gasteiger partial charge in [0.2, 0.25) is 0 Å². The Kier molecular flexibility index (Phi) is 6.10. The first kappa shape index (κ1) is 13.5. The molecule has 0 saturated heterocycles. The number of aromatic hydroxyl groups is 1. The average Bonchev–Trinajstić information content (AvgIpc) is 2.34. The summed E-state index contributed by atoms with van der Waals surface area (Å²) in [7, 11) is 0. The van der Waals surface area contributed by atoms with Crippen LogP contribution in [0.15, 0.2) is 24.3 Å². The van der Waals surface area contributed by atoms with Crippen LogP contribution in [0.2, 0.25) is 0 Å². The molecule has 0 saturated carbocycles. The van der Waals surface area contributed by atoms with Crippen molar-refractivity contribution >= 4 is 5.91 Å². The van der Waals surface area contributed by atoms with Crippen LogP contribution in [0.25, 0.3) is 0 Å². The summed E-state index contributed by atoms with van der Waals surface area (Å²) in [6.07, 6.45) is 3.75. The second-order valence-electron chi connectivity index (χ2n) is 3.94. The number of carbonyl (C=O) groups is 1. The summed E-state index contributed by atoms with van der Waals surface area (Å²) in [5.74, 6) is 0.0395. The molecule has 0 aliphatic carbocycles. The maximum Gasteiger partial charge on any atom is 0.251 e. The van der Waals surface area contributed by atoms with Crippen LogP contribution < -0.4 is 5.32 Å². The number of aliphatic hydroxyl groups is 1. The molecule has 1 aromatic carbocycles. The lowest BCUT2D eigenvalue weighted by atomic mass is 10.2. The van der Waals surface area contributed by atoms with E-state index in [-0.39, 0.29) is 18.3 Å². The van der Waals surface area contributed by atoms with Crippen LogP contribution in [0.4, 0.5) is 0 Å². The van der Waals surface area contributed by atoms with Crippen LogP contribution in [0, 0.1) is 0 Å². The standard InChI is InChI=1S/C13H19NO3/c15-10-4-2-1-3-9-14-13(17)11-5-7-12(16)8-6-11/h5-8,15-16H,1-4,9-10H2,(H,14,17). The lowest BCUT2D eigenvalue weighted by molar-refractivity contribution is 0.0953. The van der Waals surface area contributed by atoms with E-state index in [1.165, 1.54) is 12.1 Å². The third-order valence-electron chi connectivity index (χ3n) is 2.50. The van der Waals surface area contributed by atoms with Gasteiger partial charge in [0, 0.05) is 18.7 Å². The summed E-state index contributed by atoms with van der Waals surface area (Å²) in [4.78, 5) is 11.6. The fourth-order valence-electron chi connectivity index (χ4n) is 1.51. The van der Waals surface area contributed by atoms with E-state index >= 15 is 0 Å². The molecule has 0 heterocycles. The summed E-state index contributed by atoms with van der Waals surface area (Å²) < 4.78 is 0. The summed E-state index contributed by atoms with van der Waals surface area (Å²) >= 11 is 0. The van der Waals surface area contributed by atoms with E-state index in [9.17, 15) is 4.79 Å². The minimum atomic E-state index is -0.118. The molecule has 1 aromatic rings. The quantitative estimate of drug-likeness (QED) is 0.632. The lowest BCUT2D eigenvalue weighted by Crippen LogP contribution is -2.24. The number of amides is 1. The van der Waals surface area contributed by atoms with Gasteiger partial charge in [0.05, 0.1) is 0 Å². The minimum Gasteiger partial charge on any atom is -0.508 e. The van der Waals surface area contributed by atoms with Crippen LogP contribution in [0.3, 0.4) is 0 Å². The topological polar surface area (TPSA) is 69.6 Å². The maximum absolute atomic E-state index is 11.6. The van der Waals surface area contributed by atoms with E-state index < -0.39 is 0 Å². The van der Waals surface area contributed by atoms with Crippen molar-refractivity contribution in [1.82, 2.24) is 5.32 Å².